The molecule has 3 heteroatoms. The summed E-state index contributed by atoms with van der Waals surface area (Å²) in [6.07, 6.45) is 0. The van der Waals surface area contributed by atoms with E-state index in [1.165, 1.54) is 0 Å². The first-order valence-electron chi connectivity index (χ1n) is 6.58. The largest absolute Gasteiger partial charge is 0.496 e. The Morgan fingerprint density at radius 3 is 2.25 bits per heavy atom. The van der Waals surface area contributed by atoms with Crippen LogP contribution in [0, 0.1) is 6.92 Å². The zero-order valence-corrected chi connectivity index (χ0v) is 12.0. The SMILES string of the molecule is CCOc1ccc(C(=O)c2ccc(OC)c(C)c2)cc1. The summed E-state index contributed by atoms with van der Waals surface area (Å²) in [4.78, 5) is 12.4. The first-order chi connectivity index (χ1) is 9.65. The molecular formula is C17H18O3. The second-order valence-corrected chi connectivity index (χ2v) is 4.47. The maximum absolute atomic E-state index is 12.4. The maximum Gasteiger partial charge on any atom is 0.193 e. The van der Waals surface area contributed by atoms with Crippen LogP contribution in [0.1, 0.15) is 28.4 Å². The normalized spacial score (nSPS) is 10.2. The van der Waals surface area contributed by atoms with Gasteiger partial charge in [-0.15, -0.1) is 0 Å². The van der Waals surface area contributed by atoms with E-state index in [0.29, 0.717) is 17.7 Å². The van der Waals surface area contributed by atoms with Gasteiger partial charge in [0.1, 0.15) is 11.5 Å². The van der Waals surface area contributed by atoms with Crippen LogP contribution in [0.5, 0.6) is 11.5 Å². The molecule has 0 aliphatic heterocycles. The molecule has 0 aliphatic carbocycles. The average Bonchev–Trinajstić information content (AvgIpc) is 2.47. The Balaban J connectivity index is 2.24. The lowest BCUT2D eigenvalue weighted by Crippen LogP contribution is -2.02. The van der Waals surface area contributed by atoms with Crippen molar-refractivity contribution in [2.75, 3.05) is 13.7 Å². The van der Waals surface area contributed by atoms with Crippen LogP contribution in [0.2, 0.25) is 0 Å². The van der Waals surface area contributed by atoms with Gasteiger partial charge >= 0.3 is 0 Å². The van der Waals surface area contributed by atoms with Gasteiger partial charge in [-0.05, 0) is 61.9 Å². The summed E-state index contributed by atoms with van der Waals surface area (Å²) < 4.78 is 10.6. The molecule has 0 aromatic heterocycles. The molecule has 0 radical (unpaired) electrons. The number of methoxy groups -OCH3 is 1. The Kier molecular flexibility index (Phi) is 4.41. The van der Waals surface area contributed by atoms with E-state index in [1.54, 1.807) is 25.3 Å². The van der Waals surface area contributed by atoms with Crippen molar-refractivity contribution in [2.45, 2.75) is 13.8 Å². The molecule has 2 aromatic carbocycles. The molecule has 104 valence electrons. The first kappa shape index (κ1) is 14.1. The zero-order chi connectivity index (χ0) is 14.5. The molecule has 0 atom stereocenters. The van der Waals surface area contributed by atoms with Crippen molar-refractivity contribution in [1.29, 1.82) is 0 Å². The topological polar surface area (TPSA) is 35.5 Å². The fraction of sp³-hybridized carbons (Fsp3) is 0.235. The summed E-state index contributed by atoms with van der Waals surface area (Å²) in [6, 6.07) is 12.6. The van der Waals surface area contributed by atoms with E-state index in [1.807, 2.05) is 38.1 Å². The van der Waals surface area contributed by atoms with Gasteiger partial charge in [-0.1, -0.05) is 0 Å². The molecule has 0 unspecified atom stereocenters. The fourth-order valence-corrected chi connectivity index (χ4v) is 2.06. The van der Waals surface area contributed by atoms with Crippen LogP contribution in [-0.4, -0.2) is 19.5 Å². The van der Waals surface area contributed by atoms with E-state index >= 15 is 0 Å². The molecule has 0 bridgehead atoms. The molecule has 0 spiro atoms. The van der Waals surface area contributed by atoms with E-state index in [2.05, 4.69) is 0 Å². The van der Waals surface area contributed by atoms with Gasteiger partial charge in [0.2, 0.25) is 0 Å². The highest BCUT2D eigenvalue weighted by molar-refractivity contribution is 6.09. The Labute approximate surface area is 119 Å². The van der Waals surface area contributed by atoms with E-state index < -0.39 is 0 Å². The maximum atomic E-state index is 12.4. The lowest BCUT2D eigenvalue weighted by molar-refractivity contribution is 0.103. The van der Waals surface area contributed by atoms with Crippen LogP contribution in [-0.2, 0) is 0 Å². The second-order valence-electron chi connectivity index (χ2n) is 4.47. The molecule has 0 fully saturated rings. The predicted molar refractivity (Wildman–Crippen MR) is 78.8 cm³/mol. The number of hydrogen-bond acceptors (Lipinski definition) is 3. The molecule has 20 heavy (non-hydrogen) atoms. The van der Waals surface area contributed by atoms with Gasteiger partial charge < -0.3 is 9.47 Å². The summed E-state index contributed by atoms with van der Waals surface area (Å²) in [5, 5.41) is 0. The van der Waals surface area contributed by atoms with Gasteiger partial charge in [0.25, 0.3) is 0 Å². The summed E-state index contributed by atoms with van der Waals surface area (Å²) in [5.41, 5.74) is 2.26. The first-order valence-corrected chi connectivity index (χ1v) is 6.58. The number of rotatable bonds is 5. The van der Waals surface area contributed by atoms with Crippen molar-refractivity contribution in [3.8, 4) is 11.5 Å². The summed E-state index contributed by atoms with van der Waals surface area (Å²) >= 11 is 0. The Bertz CT molecular complexity index is 600. The van der Waals surface area contributed by atoms with Crippen molar-refractivity contribution >= 4 is 5.78 Å². The monoisotopic (exact) mass is 270 g/mol. The molecule has 0 heterocycles. The van der Waals surface area contributed by atoms with Crippen LogP contribution < -0.4 is 9.47 Å². The molecule has 0 amide bonds. The van der Waals surface area contributed by atoms with Crippen LogP contribution >= 0.6 is 0 Å². The molecule has 0 saturated carbocycles. The minimum atomic E-state index is -0.00111. The van der Waals surface area contributed by atoms with E-state index in [9.17, 15) is 4.79 Å². The third kappa shape index (κ3) is 2.99. The van der Waals surface area contributed by atoms with Crippen LogP contribution in [0.25, 0.3) is 0 Å². The van der Waals surface area contributed by atoms with Gasteiger partial charge in [-0.25, -0.2) is 0 Å². The Hall–Kier alpha value is -2.29. The summed E-state index contributed by atoms with van der Waals surface area (Å²) in [7, 11) is 1.62. The van der Waals surface area contributed by atoms with Crippen molar-refractivity contribution < 1.29 is 14.3 Å². The predicted octanol–water partition coefficient (Wildman–Crippen LogP) is 3.63. The van der Waals surface area contributed by atoms with Crippen LogP contribution in [0.3, 0.4) is 0 Å². The van der Waals surface area contributed by atoms with Crippen molar-refractivity contribution in [3.05, 3.63) is 59.2 Å². The number of hydrogen-bond donors (Lipinski definition) is 0. The number of ketones is 1. The van der Waals surface area contributed by atoms with Gasteiger partial charge in [0.05, 0.1) is 13.7 Å². The molecule has 0 aliphatic rings. The van der Waals surface area contributed by atoms with Crippen molar-refractivity contribution in [2.24, 2.45) is 0 Å². The molecule has 0 N–H and O–H groups in total. The number of carbonyl (C=O) groups is 1. The molecular weight excluding hydrogens is 252 g/mol. The Morgan fingerprint density at radius 1 is 1.05 bits per heavy atom. The van der Waals surface area contributed by atoms with Crippen LogP contribution in [0.15, 0.2) is 42.5 Å². The highest BCUT2D eigenvalue weighted by atomic mass is 16.5. The van der Waals surface area contributed by atoms with E-state index in [-0.39, 0.29) is 5.78 Å². The Morgan fingerprint density at radius 2 is 1.70 bits per heavy atom. The van der Waals surface area contributed by atoms with Crippen LogP contribution in [0.4, 0.5) is 0 Å². The quantitative estimate of drug-likeness (QED) is 0.778. The highest BCUT2D eigenvalue weighted by Gasteiger charge is 2.10. The summed E-state index contributed by atoms with van der Waals surface area (Å²) in [5.74, 6) is 1.56. The minimum Gasteiger partial charge on any atom is -0.496 e. The third-order valence-electron chi connectivity index (χ3n) is 3.08. The number of benzene rings is 2. The smallest absolute Gasteiger partial charge is 0.193 e. The lowest BCUT2D eigenvalue weighted by Gasteiger charge is -2.08. The minimum absolute atomic E-state index is 0.00111. The lowest BCUT2D eigenvalue weighted by atomic mass is 10.0. The number of aryl methyl sites for hydroxylation is 1. The molecule has 2 aromatic rings. The number of carbonyl (C=O) groups excluding carboxylic acids is 1. The summed E-state index contributed by atoms with van der Waals surface area (Å²) in [6.45, 7) is 4.47. The molecule has 2 rings (SSSR count). The van der Waals surface area contributed by atoms with E-state index in [4.69, 9.17) is 9.47 Å². The number of ether oxygens (including phenoxy) is 2. The van der Waals surface area contributed by atoms with Crippen molar-refractivity contribution in [1.82, 2.24) is 0 Å². The van der Waals surface area contributed by atoms with Gasteiger partial charge in [0, 0.05) is 11.1 Å². The van der Waals surface area contributed by atoms with Gasteiger partial charge in [0.15, 0.2) is 5.78 Å². The van der Waals surface area contributed by atoms with Crippen molar-refractivity contribution in [3.63, 3.8) is 0 Å². The standard InChI is InChI=1S/C17H18O3/c1-4-20-15-8-5-13(6-9-15)17(18)14-7-10-16(19-3)12(2)11-14/h5-11H,4H2,1-3H3. The van der Waals surface area contributed by atoms with Gasteiger partial charge in [-0.2, -0.15) is 0 Å². The highest BCUT2D eigenvalue weighted by Crippen LogP contribution is 2.21. The second kappa shape index (κ2) is 6.24. The molecule has 3 nitrogen and oxygen atoms in total. The fourth-order valence-electron chi connectivity index (χ4n) is 2.06. The van der Waals surface area contributed by atoms with Gasteiger partial charge in [-0.3, -0.25) is 4.79 Å². The zero-order valence-electron chi connectivity index (χ0n) is 12.0. The average molecular weight is 270 g/mol. The third-order valence-corrected chi connectivity index (χ3v) is 3.08. The molecule has 0 saturated heterocycles. The van der Waals surface area contributed by atoms with E-state index in [0.717, 1.165) is 17.1 Å².